The third-order valence-corrected chi connectivity index (χ3v) is 6.80. The summed E-state index contributed by atoms with van der Waals surface area (Å²) < 4.78 is 0. The van der Waals surface area contributed by atoms with Crippen LogP contribution in [-0.2, 0) is 0 Å². The van der Waals surface area contributed by atoms with E-state index in [1.807, 2.05) is 44.2 Å². The Morgan fingerprint density at radius 3 is 2.20 bits per heavy atom. The van der Waals surface area contributed by atoms with Gasteiger partial charge in [-0.3, -0.25) is 14.4 Å². The molecule has 2 heterocycles. The highest BCUT2D eigenvalue weighted by molar-refractivity contribution is 6.35. The van der Waals surface area contributed by atoms with Crippen LogP contribution in [0.25, 0.3) is 0 Å². The number of anilines is 3. The summed E-state index contributed by atoms with van der Waals surface area (Å²) in [6.45, 7) is 7.91. The van der Waals surface area contributed by atoms with E-state index in [0.717, 1.165) is 37.3 Å². The Morgan fingerprint density at radius 2 is 1.49 bits per heavy atom. The van der Waals surface area contributed by atoms with Crippen LogP contribution in [0, 0.1) is 13.8 Å². The zero-order valence-corrected chi connectivity index (χ0v) is 20.2. The number of hydrogen-bond acceptors (Lipinski definition) is 5. The Balaban J connectivity index is 1.34. The number of piperazine rings is 1. The third-order valence-electron chi connectivity index (χ3n) is 6.80. The molecule has 5 rings (SSSR count). The van der Waals surface area contributed by atoms with E-state index in [-0.39, 0.29) is 17.4 Å². The van der Waals surface area contributed by atoms with Crippen LogP contribution in [0.2, 0.25) is 0 Å². The van der Waals surface area contributed by atoms with Gasteiger partial charge in [-0.05, 0) is 74.5 Å². The summed E-state index contributed by atoms with van der Waals surface area (Å²) in [7, 11) is 2.13. The predicted octanol–water partition coefficient (Wildman–Crippen LogP) is 4.11. The highest BCUT2D eigenvalue weighted by atomic mass is 16.2. The molecule has 7 nitrogen and oxygen atoms in total. The van der Waals surface area contributed by atoms with Crippen LogP contribution in [-0.4, -0.2) is 55.8 Å². The van der Waals surface area contributed by atoms with E-state index in [1.54, 1.807) is 24.3 Å². The lowest BCUT2D eigenvalue weighted by Gasteiger charge is -2.35. The average Bonchev–Trinajstić information content (AvgIpc) is 3.09. The summed E-state index contributed by atoms with van der Waals surface area (Å²) in [4.78, 5) is 44.9. The molecule has 0 bridgehead atoms. The second-order valence-corrected chi connectivity index (χ2v) is 9.24. The summed E-state index contributed by atoms with van der Waals surface area (Å²) >= 11 is 0. The Kier molecular flexibility index (Phi) is 5.86. The van der Waals surface area contributed by atoms with Gasteiger partial charge in [0.05, 0.1) is 16.8 Å². The number of imide groups is 1. The largest absolute Gasteiger partial charge is 0.369 e. The molecular formula is C28H28N4O3. The van der Waals surface area contributed by atoms with Crippen LogP contribution in [0.3, 0.4) is 0 Å². The number of nitrogens with zero attached hydrogens (tertiary/aromatic N) is 3. The van der Waals surface area contributed by atoms with Gasteiger partial charge in [0.15, 0.2) is 0 Å². The van der Waals surface area contributed by atoms with Crippen LogP contribution in [0.4, 0.5) is 17.1 Å². The third kappa shape index (κ3) is 4.19. The molecule has 0 spiro atoms. The second kappa shape index (κ2) is 9.00. The number of rotatable bonds is 4. The zero-order valence-electron chi connectivity index (χ0n) is 20.2. The Bertz CT molecular complexity index is 1340. The molecule has 0 aliphatic carbocycles. The van der Waals surface area contributed by atoms with Gasteiger partial charge in [0.25, 0.3) is 17.7 Å². The number of carbonyl (C=O) groups excluding carboxylic acids is 3. The van der Waals surface area contributed by atoms with Crippen molar-refractivity contribution in [2.75, 3.05) is 48.3 Å². The minimum atomic E-state index is -0.415. The van der Waals surface area contributed by atoms with Crippen LogP contribution < -0.4 is 15.1 Å². The maximum atomic E-state index is 13.1. The monoisotopic (exact) mass is 468 g/mol. The first-order valence-electron chi connectivity index (χ1n) is 11.8. The number of hydrogen-bond donors (Lipinski definition) is 1. The van der Waals surface area contributed by atoms with E-state index >= 15 is 0 Å². The molecule has 0 unspecified atom stereocenters. The van der Waals surface area contributed by atoms with Crippen molar-refractivity contribution >= 4 is 34.8 Å². The molecule has 178 valence electrons. The van der Waals surface area contributed by atoms with Crippen molar-refractivity contribution in [3.05, 3.63) is 88.5 Å². The van der Waals surface area contributed by atoms with Crippen LogP contribution >= 0.6 is 0 Å². The molecule has 0 saturated carbocycles. The smallest absolute Gasteiger partial charge is 0.266 e. The fraction of sp³-hybridized carbons (Fsp3) is 0.250. The molecule has 0 aromatic heterocycles. The Labute approximate surface area is 204 Å². The Hall–Kier alpha value is -3.97. The van der Waals surface area contributed by atoms with Crippen LogP contribution in [0.15, 0.2) is 60.7 Å². The highest BCUT2D eigenvalue weighted by Gasteiger charge is 2.37. The van der Waals surface area contributed by atoms with Gasteiger partial charge in [0.2, 0.25) is 0 Å². The first-order valence-corrected chi connectivity index (χ1v) is 11.8. The fourth-order valence-electron chi connectivity index (χ4n) is 4.75. The number of nitrogens with one attached hydrogen (secondary N) is 1. The van der Waals surface area contributed by atoms with Gasteiger partial charge in [-0.2, -0.15) is 0 Å². The van der Waals surface area contributed by atoms with Gasteiger partial charge in [0.1, 0.15) is 0 Å². The summed E-state index contributed by atoms with van der Waals surface area (Å²) in [6, 6.07) is 17.8. The molecule has 2 aliphatic heterocycles. The number of aryl methyl sites for hydroxylation is 2. The lowest BCUT2D eigenvalue weighted by atomic mass is 10.0. The molecular weight excluding hydrogens is 440 g/mol. The molecule has 1 fully saturated rings. The topological polar surface area (TPSA) is 73.0 Å². The molecule has 35 heavy (non-hydrogen) atoms. The van der Waals surface area contributed by atoms with E-state index in [4.69, 9.17) is 0 Å². The quantitative estimate of drug-likeness (QED) is 0.584. The number of fused-ring (bicyclic) bond motifs is 1. The van der Waals surface area contributed by atoms with E-state index in [9.17, 15) is 14.4 Å². The number of para-hydroxylation sites is 1. The van der Waals surface area contributed by atoms with Gasteiger partial charge in [0, 0.05) is 43.1 Å². The van der Waals surface area contributed by atoms with Gasteiger partial charge in [-0.25, -0.2) is 4.90 Å². The Morgan fingerprint density at radius 1 is 0.771 bits per heavy atom. The minimum Gasteiger partial charge on any atom is -0.369 e. The number of carbonyl (C=O) groups is 3. The van der Waals surface area contributed by atoms with Crippen molar-refractivity contribution in [2.24, 2.45) is 0 Å². The summed E-state index contributed by atoms with van der Waals surface area (Å²) in [5, 5.41) is 2.93. The van der Waals surface area contributed by atoms with Gasteiger partial charge in [-0.15, -0.1) is 0 Å². The summed E-state index contributed by atoms with van der Waals surface area (Å²) in [6.07, 6.45) is 0. The highest BCUT2D eigenvalue weighted by Crippen LogP contribution is 2.31. The first kappa shape index (κ1) is 22.8. The molecule has 0 radical (unpaired) electrons. The lowest BCUT2D eigenvalue weighted by Crippen LogP contribution is -2.44. The van der Waals surface area contributed by atoms with E-state index in [2.05, 4.69) is 22.2 Å². The summed E-state index contributed by atoms with van der Waals surface area (Å²) in [5.74, 6) is -1.11. The maximum Gasteiger partial charge on any atom is 0.266 e. The van der Waals surface area contributed by atoms with Crippen molar-refractivity contribution in [2.45, 2.75) is 13.8 Å². The molecule has 3 aromatic rings. The van der Waals surface area contributed by atoms with Crippen molar-refractivity contribution in [3.8, 4) is 0 Å². The van der Waals surface area contributed by atoms with E-state index < -0.39 is 5.91 Å². The second-order valence-electron chi connectivity index (χ2n) is 9.24. The van der Waals surface area contributed by atoms with Crippen molar-refractivity contribution < 1.29 is 14.4 Å². The summed E-state index contributed by atoms with van der Waals surface area (Å²) in [5.41, 5.74) is 5.22. The molecule has 0 atom stereocenters. The zero-order chi connectivity index (χ0) is 24.7. The van der Waals surface area contributed by atoms with Gasteiger partial charge < -0.3 is 15.1 Å². The number of benzene rings is 3. The SMILES string of the molecule is Cc1cc(NC(=O)c2ccc3c(c2)C(=O)N(c2ccccc2C)C3=O)ccc1N1CCN(C)CC1. The van der Waals surface area contributed by atoms with Crippen molar-refractivity contribution in [3.63, 3.8) is 0 Å². The minimum absolute atomic E-state index is 0.243. The first-order chi connectivity index (χ1) is 16.8. The number of amides is 3. The van der Waals surface area contributed by atoms with E-state index in [1.165, 1.54) is 16.7 Å². The van der Waals surface area contributed by atoms with Crippen LogP contribution in [0.5, 0.6) is 0 Å². The van der Waals surface area contributed by atoms with Gasteiger partial charge in [-0.1, -0.05) is 18.2 Å². The van der Waals surface area contributed by atoms with E-state index in [0.29, 0.717) is 22.5 Å². The molecule has 1 N–H and O–H groups in total. The molecule has 1 saturated heterocycles. The number of likely N-dealkylation sites (N-methyl/N-ethyl adjacent to an activating group) is 1. The van der Waals surface area contributed by atoms with Gasteiger partial charge >= 0.3 is 0 Å². The lowest BCUT2D eigenvalue weighted by molar-refractivity contribution is 0.0925. The fourth-order valence-corrected chi connectivity index (χ4v) is 4.75. The predicted molar refractivity (Wildman–Crippen MR) is 138 cm³/mol. The molecule has 3 aromatic carbocycles. The molecule has 7 heteroatoms. The standard InChI is InChI=1S/C28H28N4O3/c1-18-6-4-5-7-25(18)32-27(34)22-10-8-20(17-23(22)28(32)35)26(33)29-21-9-11-24(19(2)16-21)31-14-12-30(3)13-15-31/h4-11,16-17H,12-15H2,1-3H3,(H,29,33). The van der Waals surface area contributed by atoms with Crippen molar-refractivity contribution in [1.29, 1.82) is 0 Å². The van der Waals surface area contributed by atoms with Crippen molar-refractivity contribution in [1.82, 2.24) is 4.90 Å². The van der Waals surface area contributed by atoms with Crippen LogP contribution in [0.1, 0.15) is 42.2 Å². The molecule has 3 amide bonds. The normalized spacial score (nSPS) is 16.0. The average molecular weight is 469 g/mol. The molecule has 2 aliphatic rings. The maximum absolute atomic E-state index is 13.1.